The molecule has 0 saturated carbocycles. The second-order valence-electron chi connectivity index (χ2n) is 4.48. The van der Waals surface area contributed by atoms with Gasteiger partial charge in [0, 0.05) is 6.04 Å². The molecule has 1 aliphatic rings. The van der Waals surface area contributed by atoms with Crippen molar-refractivity contribution in [3.63, 3.8) is 0 Å². The summed E-state index contributed by atoms with van der Waals surface area (Å²) in [7, 11) is 0. The largest absolute Gasteiger partial charge is 0.302 e. The van der Waals surface area contributed by atoms with Crippen LogP contribution >= 0.6 is 0 Å². The van der Waals surface area contributed by atoms with Crippen LogP contribution in [0.3, 0.4) is 0 Å². The first-order chi connectivity index (χ1) is 5.61. The molecule has 1 fully saturated rings. The van der Waals surface area contributed by atoms with Crippen molar-refractivity contribution in [2.24, 2.45) is 11.8 Å². The lowest BCUT2D eigenvalue weighted by atomic mass is 9.96. The Kier molecular flexibility index (Phi) is 3.53. The van der Waals surface area contributed by atoms with Gasteiger partial charge in [-0.1, -0.05) is 27.7 Å². The van der Waals surface area contributed by atoms with Crippen LogP contribution in [0.25, 0.3) is 0 Å². The molecule has 0 aromatic rings. The minimum atomic E-state index is 0.520. The summed E-state index contributed by atoms with van der Waals surface area (Å²) in [6.45, 7) is 10.3. The quantitative estimate of drug-likeness (QED) is 0.657. The van der Waals surface area contributed by atoms with Crippen molar-refractivity contribution in [1.82, 2.24) is 10.6 Å². The first-order valence-electron chi connectivity index (χ1n) is 5.10. The fourth-order valence-electron chi connectivity index (χ4n) is 1.72. The summed E-state index contributed by atoms with van der Waals surface area (Å²) in [5.41, 5.74) is 0. The molecule has 1 aliphatic heterocycles. The van der Waals surface area contributed by atoms with Crippen molar-refractivity contribution in [2.75, 3.05) is 6.54 Å². The van der Waals surface area contributed by atoms with Crippen LogP contribution in [-0.2, 0) is 0 Å². The third-order valence-electron chi connectivity index (χ3n) is 2.68. The van der Waals surface area contributed by atoms with Gasteiger partial charge in [0.05, 0.1) is 6.17 Å². The van der Waals surface area contributed by atoms with Gasteiger partial charge >= 0.3 is 0 Å². The lowest BCUT2D eigenvalue weighted by Crippen LogP contribution is -2.57. The van der Waals surface area contributed by atoms with Crippen LogP contribution in [-0.4, -0.2) is 18.8 Å². The highest BCUT2D eigenvalue weighted by Gasteiger charge is 2.23. The van der Waals surface area contributed by atoms with Crippen LogP contribution in [0.5, 0.6) is 0 Å². The maximum Gasteiger partial charge on any atom is 0.0597 e. The van der Waals surface area contributed by atoms with E-state index in [1.807, 2.05) is 0 Å². The molecular formula is C10H22N2. The van der Waals surface area contributed by atoms with E-state index in [-0.39, 0.29) is 0 Å². The number of nitrogens with one attached hydrogen (secondary N) is 2. The molecule has 72 valence electrons. The second kappa shape index (κ2) is 4.24. The molecule has 2 heteroatoms. The zero-order valence-corrected chi connectivity index (χ0v) is 8.72. The van der Waals surface area contributed by atoms with Gasteiger partial charge < -0.3 is 5.32 Å². The van der Waals surface area contributed by atoms with Gasteiger partial charge in [-0.3, -0.25) is 5.32 Å². The predicted molar refractivity (Wildman–Crippen MR) is 53.0 cm³/mol. The molecule has 0 aromatic heterocycles. The number of hydrogen-bond acceptors (Lipinski definition) is 2. The topological polar surface area (TPSA) is 24.1 Å². The van der Waals surface area contributed by atoms with E-state index >= 15 is 0 Å². The average Bonchev–Trinajstić information content (AvgIpc) is 2.04. The zero-order valence-electron chi connectivity index (χ0n) is 8.72. The van der Waals surface area contributed by atoms with Crippen LogP contribution < -0.4 is 10.6 Å². The average molecular weight is 170 g/mol. The molecule has 1 rings (SSSR count). The van der Waals surface area contributed by atoms with Gasteiger partial charge in [-0.15, -0.1) is 0 Å². The fraction of sp³-hybridized carbons (Fsp3) is 1.00. The molecule has 2 nitrogen and oxygen atoms in total. The van der Waals surface area contributed by atoms with E-state index in [1.165, 1.54) is 13.0 Å². The van der Waals surface area contributed by atoms with E-state index in [9.17, 15) is 0 Å². The minimum Gasteiger partial charge on any atom is -0.302 e. The molecule has 1 saturated heterocycles. The van der Waals surface area contributed by atoms with Crippen molar-refractivity contribution < 1.29 is 0 Å². The molecule has 12 heavy (non-hydrogen) atoms. The summed E-state index contributed by atoms with van der Waals surface area (Å²) in [5, 5.41) is 7.13. The zero-order chi connectivity index (χ0) is 9.14. The van der Waals surface area contributed by atoms with E-state index in [0.717, 1.165) is 5.92 Å². The van der Waals surface area contributed by atoms with Gasteiger partial charge in [-0.2, -0.15) is 0 Å². The number of hydrogen-bond donors (Lipinski definition) is 2. The molecule has 0 aliphatic carbocycles. The van der Waals surface area contributed by atoms with Crippen LogP contribution in [0.1, 0.15) is 34.1 Å². The molecule has 1 heterocycles. The highest BCUT2D eigenvalue weighted by molar-refractivity contribution is 4.82. The van der Waals surface area contributed by atoms with E-state index in [4.69, 9.17) is 0 Å². The second-order valence-corrected chi connectivity index (χ2v) is 4.48. The maximum absolute atomic E-state index is 3.64. The summed E-state index contributed by atoms with van der Waals surface area (Å²) in [6.07, 6.45) is 1.78. The summed E-state index contributed by atoms with van der Waals surface area (Å²) in [5.74, 6) is 1.44. The van der Waals surface area contributed by atoms with Crippen LogP contribution in [0, 0.1) is 11.8 Å². The number of rotatable bonds is 2. The van der Waals surface area contributed by atoms with Gasteiger partial charge in [-0.05, 0) is 24.8 Å². The van der Waals surface area contributed by atoms with Crippen molar-refractivity contribution in [2.45, 2.75) is 46.3 Å². The first kappa shape index (κ1) is 10.0. The lowest BCUT2D eigenvalue weighted by Gasteiger charge is -2.36. The van der Waals surface area contributed by atoms with Crippen molar-refractivity contribution in [3.8, 4) is 0 Å². The van der Waals surface area contributed by atoms with Gasteiger partial charge in [0.25, 0.3) is 0 Å². The smallest absolute Gasteiger partial charge is 0.0597 e. The molecule has 0 aromatic carbocycles. The Labute approximate surface area is 76.1 Å². The van der Waals surface area contributed by atoms with Gasteiger partial charge in [0.1, 0.15) is 0 Å². The Morgan fingerprint density at radius 3 is 2.25 bits per heavy atom. The van der Waals surface area contributed by atoms with E-state index in [1.54, 1.807) is 0 Å². The molecule has 2 atom stereocenters. The van der Waals surface area contributed by atoms with E-state index < -0.39 is 0 Å². The summed E-state index contributed by atoms with van der Waals surface area (Å²) >= 11 is 0. The Balaban J connectivity index is 2.40. The Hall–Kier alpha value is -0.0800. The predicted octanol–water partition coefficient (Wildman–Crippen LogP) is 1.58. The summed E-state index contributed by atoms with van der Waals surface area (Å²) in [6, 6.07) is 0.707. The normalized spacial score (nSPS) is 31.5. The summed E-state index contributed by atoms with van der Waals surface area (Å²) < 4.78 is 0. The molecule has 0 amide bonds. The van der Waals surface area contributed by atoms with Crippen LogP contribution in [0.15, 0.2) is 0 Å². The van der Waals surface area contributed by atoms with E-state index in [0.29, 0.717) is 18.1 Å². The highest BCUT2D eigenvalue weighted by Crippen LogP contribution is 2.12. The first-order valence-corrected chi connectivity index (χ1v) is 5.10. The monoisotopic (exact) mass is 170 g/mol. The summed E-state index contributed by atoms with van der Waals surface area (Å²) in [4.78, 5) is 0. The third kappa shape index (κ3) is 2.46. The third-order valence-corrected chi connectivity index (χ3v) is 2.68. The van der Waals surface area contributed by atoms with Crippen molar-refractivity contribution in [1.29, 1.82) is 0 Å². The van der Waals surface area contributed by atoms with Crippen molar-refractivity contribution in [3.05, 3.63) is 0 Å². The molecule has 2 unspecified atom stereocenters. The van der Waals surface area contributed by atoms with E-state index in [2.05, 4.69) is 38.3 Å². The molecule has 0 bridgehead atoms. The van der Waals surface area contributed by atoms with Gasteiger partial charge in [0.15, 0.2) is 0 Å². The van der Waals surface area contributed by atoms with Crippen LogP contribution in [0.2, 0.25) is 0 Å². The molecular weight excluding hydrogens is 148 g/mol. The SMILES string of the molecule is CC(C)C1CCNC(C(C)C)N1. The Bertz CT molecular complexity index is 118. The minimum absolute atomic E-state index is 0.520. The Morgan fingerprint density at radius 2 is 1.75 bits per heavy atom. The highest BCUT2D eigenvalue weighted by atomic mass is 15.2. The maximum atomic E-state index is 3.64. The molecule has 0 spiro atoms. The Morgan fingerprint density at radius 1 is 1.08 bits per heavy atom. The van der Waals surface area contributed by atoms with Crippen LogP contribution in [0.4, 0.5) is 0 Å². The lowest BCUT2D eigenvalue weighted by molar-refractivity contribution is 0.213. The fourth-order valence-corrected chi connectivity index (χ4v) is 1.72. The van der Waals surface area contributed by atoms with Gasteiger partial charge in [-0.25, -0.2) is 0 Å². The molecule has 2 N–H and O–H groups in total. The van der Waals surface area contributed by atoms with Gasteiger partial charge in [0.2, 0.25) is 0 Å². The standard InChI is InChI=1S/C10H22N2/c1-7(2)9-5-6-11-10(12-9)8(3)4/h7-12H,5-6H2,1-4H3. The van der Waals surface area contributed by atoms with Crippen molar-refractivity contribution >= 4 is 0 Å². The molecule has 0 radical (unpaired) electrons.